The maximum absolute atomic E-state index is 4.50. The van der Waals surface area contributed by atoms with Crippen molar-refractivity contribution in [3.05, 3.63) is 0 Å². The van der Waals surface area contributed by atoms with Gasteiger partial charge >= 0.3 is 88.7 Å². The Morgan fingerprint density at radius 3 is 1.17 bits per heavy atom. The SMILES string of the molecule is C1CO1.[H-].[H-].[H-].[Na+].[Na+].[Na+]. The van der Waals surface area contributed by atoms with Crippen molar-refractivity contribution < 1.29 is 97.7 Å². The molecule has 1 heterocycles. The van der Waals surface area contributed by atoms with Gasteiger partial charge in [0.1, 0.15) is 0 Å². The predicted octanol–water partition coefficient (Wildman–Crippen LogP) is -8.63. The molecule has 0 atom stereocenters. The van der Waals surface area contributed by atoms with Gasteiger partial charge in [0.25, 0.3) is 0 Å². The van der Waals surface area contributed by atoms with Crippen molar-refractivity contribution in [2.24, 2.45) is 0 Å². The molecule has 0 radical (unpaired) electrons. The van der Waals surface area contributed by atoms with Crippen molar-refractivity contribution in [3.8, 4) is 0 Å². The standard InChI is InChI=1S/C2H4O.3Na.3H/c1-2-3-1;;;;;;/h1-2H2;;;;;;/q;3*+1;3*-1. The summed E-state index contributed by atoms with van der Waals surface area (Å²) in [6.07, 6.45) is 0. The van der Waals surface area contributed by atoms with E-state index in [2.05, 4.69) is 4.74 Å². The topological polar surface area (TPSA) is 12.5 Å². The minimum absolute atomic E-state index is 0. The van der Waals surface area contributed by atoms with Gasteiger partial charge in [-0.1, -0.05) is 0 Å². The summed E-state index contributed by atoms with van der Waals surface area (Å²) in [7, 11) is 0. The fraction of sp³-hybridized carbons (Fsp3) is 1.00. The van der Waals surface area contributed by atoms with Gasteiger partial charge in [-0.25, -0.2) is 0 Å². The molecule has 0 aromatic heterocycles. The van der Waals surface area contributed by atoms with E-state index >= 15 is 0 Å². The maximum atomic E-state index is 4.50. The molecule has 1 saturated heterocycles. The normalized spacial score (nSPS) is 12.0. The number of epoxide rings is 1. The smallest absolute Gasteiger partial charge is 1.00 e. The Morgan fingerprint density at radius 2 is 1.17 bits per heavy atom. The monoisotopic (exact) mass is 116 g/mol. The Morgan fingerprint density at radius 1 is 1.00 bits per heavy atom. The van der Waals surface area contributed by atoms with Gasteiger partial charge in [-0.15, -0.1) is 0 Å². The fourth-order valence-electron chi connectivity index (χ4n) is 0. The second-order valence-corrected chi connectivity index (χ2v) is 0.612. The van der Waals surface area contributed by atoms with Gasteiger partial charge in [0.2, 0.25) is 0 Å². The summed E-state index contributed by atoms with van der Waals surface area (Å²) in [6.45, 7) is 2.00. The number of hydrogen-bond donors (Lipinski definition) is 0. The second-order valence-electron chi connectivity index (χ2n) is 0.612. The summed E-state index contributed by atoms with van der Waals surface area (Å²) in [4.78, 5) is 0. The number of rotatable bonds is 0. The molecule has 1 aliphatic heterocycles. The van der Waals surface area contributed by atoms with Crippen LogP contribution in [-0.2, 0) is 4.74 Å². The molecule has 4 heteroatoms. The molecule has 1 nitrogen and oxygen atoms in total. The molecular formula is C2H7Na3O. The van der Waals surface area contributed by atoms with E-state index < -0.39 is 0 Å². The van der Waals surface area contributed by atoms with Crippen molar-refractivity contribution in [2.75, 3.05) is 13.2 Å². The van der Waals surface area contributed by atoms with E-state index in [1.165, 1.54) is 0 Å². The van der Waals surface area contributed by atoms with E-state index in [4.69, 9.17) is 0 Å². The van der Waals surface area contributed by atoms with Crippen molar-refractivity contribution in [1.82, 2.24) is 0 Å². The molecule has 6 heavy (non-hydrogen) atoms. The summed E-state index contributed by atoms with van der Waals surface area (Å²) >= 11 is 0. The molecule has 0 saturated carbocycles. The maximum Gasteiger partial charge on any atom is 1.00 e. The molecule has 0 aliphatic carbocycles. The Bertz CT molecular complexity index is 21.8. The van der Waals surface area contributed by atoms with Gasteiger partial charge in [0.15, 0.2) is 0 Å². The third kappa shape index (κ3) is 15.8. The minimum Gasteiger partial charge on any atom is -1.00 e. The molecule has 0 N–H and O–H groups in total. The van der Waals surface area contributed by atoms with Crippen LogP contribution in [0.25, 0.3) is 0 Å². The number of ether oxygens (including phenoxy) is 1. The summed E-state index contributed by atoms with van der Waals surface area (Å²) < 4.78 is 4.50. The zero-order valence-electron chi connectivity index (χ0n) is 7.82. The molecule has 0 bridgehead atoms. The third-order valence-electron chi connectivity index (χ3n) is 0.204. The van der Waals surface area contributed by atoms with E-state index in [-0.39, 0.29) is 93.0 Å². The fourth-order valence-corrected chi connectivity index (χ4v) is 0. The van der Waals surface area contributed by atoms with Gasteiger partial charge in [-0.05, 0) is 0 Å². The molecular weight excluding hydrogens is 109 g/mol. The molecule has 1 rings (SSSR count). The van der Waals surface area contributed by atoms with Crippen molar-refractivity contribution >= 4 is 0 Å². The van der Waals surface area contributed by atoms with Gasteiger partial charge in [0, 0.05) is 0 Å². The molecule has 0 amide bonds. The van der Waals surface area contributed by atoms with Gasteiger partial charge in [-0.2, -0.15) is 0 Å². The summed E-state index contributed by atoms with van der Waals surface area (Å²) in [6, 6.07) is 0. The minimum atomic E-state index is 0. The van der Waals surface area contributed by atoms with Crippen LogP contribution in [0.5, 0.6) is 0 Å². The quantitative estimate of drug-likeness (QED) is 0.226. The molecule has 1 fully saturated rings. The van der Waals surface area contributed by atoms with E-state index in [0.717, 1.165) is 13.2 Å². The molecule has 0 unspecified atom stereocenters. The first kappa shape index (κ1) is 16.0. The third-order valence-corrected chi connectivity index (χ3v) is 0.204. The van der Waals surface area contributed by atoms with Crippen molar-refractivity contribution in [1.29, 1.82) is 0 Å². The molecule has 24 valence electrons. The van der Waals surface area contributed by atoms with Crippen LogP contribution in [0.4, 0.5) is 0 Å². The molecule has 1 aliphatic rings. The zero-order valence-corrected chi connectivity index (χ0v) is 10.8. The van der Waals surface area contributed by atoms with E-state index in [1.807, 2.05) is 0 Å². The van der Waals surface area contributed by atoms with Crippen LogP contribution >= 0.6 is 0 Å². The Kier molecular flexibility index (Phi) is 28.9. The first-order chi connectivity index (χ1) is 1.50. The van der Waals surface area contributed by atoms with Crippen LogP contribution < -0.4 is 88.7 Å². The average Bonchev–Trinajstić information content (AvgIpc) is 1.46. The summed E-state index contributed by atoms with van der Waals surface area (Å²) in [5.41, 5.74) is 0. The Balaban J connectivity index is -0.00000000375. The van der Waals surface area contributed by atoms with Crippen LogP contribution in [0.3, 0.4) is 0 Å². The Hall–Kier alpha value is 2.96. The van der Waals surface area contributed by atoms with Crippen LogP contribution in [-0.4, -0.2) is 13.2 Å². The summed E-state index contributed by atoms with van der Waals surface area (Å²) in [5, 5.41) is 0. The van der Waals surface area contributed by atoms with Crippen molar-refractivity contribution in [3.63, 3.8) is 0 Å². The molecule has 0 aromatic carbocycles. The van der Waals surface area contributed by atoms with Crippen LogP contribution in [0.15, 0.2) is 0 Å². The Labute approximate surface area is 109 Å². The predicted molar refractivity (Wildman–Crippen MR) is 14.2 cm³/mol. The largest absolute Gasteiger partial charge is 1.00 e. The van der Waals surface area contributed by atoms with E-state index in [9.17, 15) is 0 Å². The van der Waals surface area contributed by atoms with Crippen LogP contribution in [0.1, 0.15) is 4.28 Å². The van der Waals surface area contributed by atoms with Crippen molar-refractivity contribution in [2.45, 2.75) is 0 Å². The van der Waals surface area contributed by atoms with Gasteiger partial charge < -0.3 is 9.02 Å². The van der Waals surface area contributed by atoms with Crippen LogP contribution in [0, 0.1) is 0 Å². The van der Waals surface area contributed by atoms with Gasteiger partial charge in [-0.3, -0.25) is 0 Å². The van der Waals surface area contributed by atoms with E-state index in [0.29, 0.717) is 0 Å². The van der Waals surface area contributed by atoms with E-state index in [1.54, 1.807) is 0 Å². The average molecular weight is 116 g/mol. The van der Waals surface area contributed by atoms with Crippen LogP contribution in [0.2, 0.25) is 0 Å². The number of hydrogen-bond acceptors (Lipinski definition) is 1. The van der Waals surface area contributed by atoms with Gasteiger partial charge in [0.05, 0.1) is 13.2 Å². The molecule has 0 aromatic rings. The molecule has 0 spiro atoms. The first-order valence-electron chi connectivity index (χ1n) is 1.08. The second kappa shape index (κ2) is 10.9. The zero-order chi connectivity index (χ0) is 2.12. The first-order valence-corrected chi connectivity index (χ1v) is 1.08. The summed E-state index contributed by atoms with van der Waals surface area (Å²) in [5.74, 6) is 0.